The van der Waals surface area contributed by atoms with Crippen LogP contribution in [0.25, 0.3) is 0 Å². The molecule has 0 spiro atoms. The molecule has 0 bridgehead atoms. The van der Waals surface area contributed by atoms with Gasteiger partial charge in [0.15, 0.2) is 0 Å². The first-order chi connectivity index (χ1) is 7.52. The molecule has 0 aliphatic heterocycles. The summed E-state index contributed by atoms with van der Waals surface area (Å²) in [6.45, 7) is 11.9. The highest BCUT2D eigenvalue weighted by molar-refractivity contribution is 4.72. The van der Waals surface area contributed by atoms with E-state index in [9.17, 15) is 0 Å². The average Bonchev–Trinajstić information content (AvgIpc) is 2.17. The molecule has 0 rings (SSSR count). The SMILES string of the molecule is CCCCCC(C)CC(C)(C)CCCCC. The molecule has 16 heavy (non-hydrogen) atoms. The molecule has 0 heteroatoms. The first-order valence-electron chi connectivity index (χ1n) is 7.52. The smallest absolute Gasteiger partial charge is 0.0352 e. The lowest BCUT2D eigenvalue weighted by Gasteiger charge is -2.28. The van der Waals surface area contributed by atoms with Crippen molar-refractivity contribution in [3.05, 3.63) is 0 Å². The minimum atomic E-state index is 0.570. The van der Waals surface area contributed by atoms with Crippen LogP contribution >= 0.6 is 0 Å². The van der Waals surface area contributed by atoms with E-state index in [0.29, 0.717) is 5.41 Å². The van der Waals surface area contributed by atoms with Gasteiger partial charge >= 0.3 is 0 Å². The number of unbranched alkanes of at least 4 members (excludes halogenated alkanes) is 4. The van der Waals surface area contributed by atoms with Crippen molar-refractivity contribution in [1.82, 2.24) is 0 Å². The van der Waals surface area contributed by atoms with E-state index in [1.54, 1.807) is 0 Å². The predicted molar refractivity (Wildman–Crippen MR) is 75.8 cm³/mol. The standard InChI is InChI=1S/C16H34/c1-6-8-10-12-15(3)14-16(4,5)13-11-9-7-2/h15H,6-14H2,1-5H3. The van der Waals surface area contributed by atoms with Gasteiger partial charge in [0.25, 0.3) is 0 Å². The lowest BCUT2D eigenvalue weighted by molar-refractivity contribution is 0.239. The van der Waals surface area contributed by atoms with Gasteiger partial charge in [-0.1, -0.05) is 79.6 Å². The lowest BCUT2D eigenvalue weighted by atomic mass is 9.78. The van der Waals surface area contributed by atoms with E-state index in [4.69, 9.17) is 0 Å². The van der Waals surface area contributed by atoms with Crippen LogP contribution in [0.2, 0.25) is 0 Å². The molecule has 0 amide bonds. The first kappa shape index (κ1) is 16.0. The molecule has 1 unspecified atom stereocenters. The summed E-state index contributed by atoms with van der Waals surface area (Å²) in [6.07, 6.45) is 12.7. The van der Waals surface area contributed by atoms with E-state index in [-0.39, 0.29) is 0 Å². The van der Waals surface area contributed by atoms with Crippen LogP contribution < -0.4 is 0 Å². The highest BCUT2D eigenvalue weighted by Crippen LogP contribution is 2.33. The molecule has 0 saturated carbocycles. The zero-order valence-electron chi connectivity index (χ0n) is 12.4. The third-order valence-electron chi connectivity index (χ3n) is 3.66. The Bertz CT molecular complexity index is 146. The van der Waals surface area contributed by atoms with Crippen LogP contribution in [0.15, 0.2) is 0 Å². The average molecular weight is 226 g/mol. The number of hydrogen-bond donors (Lipinski definition) is 0. The summed E-state index contributed by atoms with van der Waals surface area (Å²) in [5, 5.41) is 0. The fourth-order valence-electron chi connectivity index (χ4n) is 2.74. The number of hydrogen-bond acceptors (Lipinski definition) is 0. The van der Waals surface area contributed by atoms with Gasteiger partial charge in [-0.05, 0) is 24.2 Å². The van der Waals surface area contributed by atoms with Gasteiger partial charge in [-0.15, -0.1) is 0 Å². The molecule has 98 valence electrons. The Morgan fingerprint density at radius 1 is 0.875 bits per heavy atom. The molecule has 1 atom stereocenters. The van der Waals surface area contributed by atoms with Crippen molar-refractivity contribution in [3.63, 3.8) is 0 Å². The Hall–Kier alpha value is 0. The second-order valence-electron chi connectivity index (χ2n) is 6.43. The van der Waals surface area contributed by atoms with Gasteiger partial charge < -0.3 is 0 Å². The Kier molecular flexibility index (Phi) is 9.07. The molecule has 0 heterocycles. The van der Waals surface area contributed by atoms with Crippen molar-refractivity contribution >= 4 is 0 Å². The second-order valence-corrected chi connectivity index (χ2v) is 6.43. The third-order valence-corrected chi connectivity index (χ3v) is 3.66. The van der Waals surface area contributed by atoms with Crippen LogP contribution in [0.1, 0.15) is 92.4 Å². The summed E-state index contributed by atoms with van der Waals surface area (Å²) in [6, 6.07) is 0. The quantitative estimate of drug-likeness (QED) is 0.389. The molecule has 0 aromatic heterocycles. The molecule has 0 aliphatic carbocycles. The van der Waals surface area contributed by atoms with Crippen LogP contribution in [0.3, 0.4) is 0 Å². The summed E-state index contributed by atoms with van der Waals surface area (Å²) in [5.74, 6) is 0.920. The van der Waals surface area contributed by atoms with Gasteiger partial charge in [0.1, 0.15) is 0 Å². The van der Waals surface area contributed by atoms with E-state index in [1.165, 1.54) is 57.8 Å². The van der Waals surface area contributed by atoms with Crippen LogP contribution in [0.5, 0.6) is 0 Å². The van der Waals surface area contributed by atoms with Crippen LogP contribution in [0, 0.1) is 11.3 Å². The van der Waals surface area contributed by atoms with Gasteiger partial charge in [-0.25, -0.2) is 0 Å². The molecule has 0 aromatic carbocycles. The molecule has 0 aromatic rings. The zero-order valence-corrected chi connectivity index (χ0v) is 12.4. The van der Waals surface area contributed by atoms with Crippen molar-refractivity contribution in [2.24, 2.45) is 11.3 Å². The Labute approximate surface area is 104 Å². The summed E-state index contributed by atoms with van der Waals surface area (Å²) >= 11 is 0. The Morgan fingerprint density at radius 2 is 1.44 bits per heavy atom. The van der Waals surface area contributed by atoms with Crippen LogP contribution in [-0.2, 0) is 0 Å². The predicted octanol–water partition coefficient (Wildman–Crippen LogP) is 6.20. The van der Waals surface area contributed by atoms with Crippen molar-refractivity contribution in [2.75, 3.05) is 0 Å². The van der Waals surface area contributed by atoms with Gasteiger partial charge in [0.05, 0.1) is 0 Å². The first-order valence-corrected chi connectivity index (χ1v) is 7.52. The van der Waals surface area contributed by atoms with Gasteiger partial charge in [-0.3, -0.25) is 0 Å². The van der Waals surface area contributed by atoms with E-state index < -0.39 is 0 Å². The molecule has 0 nitrogen and oxygen atoms in total. The summed E-state index contributed by atoms with van der Waals surface area (Å²) in [4.78, 5) is 0. The topological polar surface area (TPSA) is 0 Å². The van der Waals surface area contributed by atoms with Gasteiger partial charge in [-0.2, -0.15) is 0 Å². The molecule has 0 radical (unpaired) electrons. The van der Waals surface area contributed by atoms with E-state index >= 15 is 0 Å². The highest BCUT2D eigenvalue weighted by atomic mass is 14.3. The van der Waals surface area contributed by atoms with E-state index in [0.717, 1.165) is 5.92 Å². The maximum Gasteiger partial charge on any atom is -0.0352 e. The van der Waals surface area contributed by atoms with Crippen molar-refractivity contribution in [2.45, 2.75) is 92.4 Å². The molecule has 0 N–H and O–H groups in total. The maximum atomic E-state index is 2.46. The molecule has 0 saturated heterocycles. The largest absolute Gasteiger partial charge is 0.0654 e. The molecule has 0 fully saturated rings. The summed E-state index contributed by atoms with van der Waals surface area (Å²) in [5.41, 5.74) is 0.570. The second kappa shape index (κ2) is 9.07. The molecular weight excluding hydrogens is 192 g/mol. The minimum absolute atomic E-state index is 0.570. The molecular formula is C16H34. The third kappa shape index (κ3) is 9.24. The lowest BCUT2D eigenvalue weighted by Crippen LogP contribution is -2.15. The van der Waals surface area contributed by atoms with Crippen molar-refractivity contribution in [3.8, 4) is 0 Å². The fraction of sp³-hybridized carbons (Fsp3) is 1.00. The maximum absolute atomic E-state index is 2.46. The van der Waals surface area contributed by atoms with Crippen molar-refractivity contribution in [1.29, 1.82) is 0 Å². The number of rotatable bonds is 10. The fourth-order valence-corrected chi connectivity index (χ4v) is 2.74. The Morgan fingerprint density at radius 3 is 2.00 bits per heavy atom. The van der Waals surface area contributed by atoms with Gasteiger partial charge in [0, 0.05) is 0 Å². The minimum Gasteiger partial charge on any atom is -0.0654 e. The summed E-state index contributed by atoms with van der Waals surface area (Å²) < 4.78 is 0. The van der Waals surface area contributed by atoms with Crippen molar-refractivity contribution < 1.29 is 0 Å². The highest BCUT2D eigenvalue weighted by Gasteiger charge is 2.20. The van der Waals surface area contributed by atoms with Gasteiger partial charge in [0.2, 0.25) is 0 Å². The van der Waals surface area contributed by atoms with Crippen LogP contribution in [-0.4, -0.2) is 0 Å². The molecule has 0 aliphatic rings. The van der Waals surface area contributed by atoms with E-state index in [1.807, 2.05) is 0 Å². The summed E-state index contributed by atoms with van der Waals surface area (Å²) in [7, 11) is 0. The normalized spacial score (nSPS) is 14.1. The van der Waals surface area contributed by atoms with E-state index in [2.05, 4.69) is 34.6 Å². The monoisotopic (exact) mass is 226 g/mol. The van der Waals surface area contributed by atoms with Crippen LogP contribution in [0.4, 0.5) is 0 Å². The Balaban J connectivity index is 3.67. The zero-order chi connectivity index (χ0) is 12.4.